The summed E-state index contributed by atoms with van der Waals surface area (Å²) < 4.78 is 24.0. The maximum absolute atomic E-state index is 12.0. The van der Waals surface area contributed by atoms with Crippen LogP contribution in [0.4, 0.5) is 0 Å². The monoisotopic (exact) mass is 402 g/mol. The average Bonchev–Trinajstić information content (AvgIpc) is 2.91. The number of benzene rings is 2. The largest absolute Gasteiger partial charge is 0.390 e. The van der Waals surface area contributed by atoms with E-state index in [9.17, 15) is 13.5 Å². The highest BCUT2D eigenvalue weighted by molar-refractivity contribution is 7.91. The van der Waals surface area contributed by atoms with Crippen molar-refractivity contribution in [3.05, 3.63) is 70.8 Å². The predicted octanol–water partition coefficient (Wildman–Crippen LogP) is 2.05. The Bertz CT molecular complexity index is 881. The standard InChI is InChI=1S/C22H30N2O3S/c1-17-6-8-19(9-7-17)13-23-10-11-24(14-20-5-3-4-18(2)12-20)21-15-28(26,27)16-22(21)25/h3-9,12,21-23,25H,10-11,13-16H2,1-2H3/t21-,22-/m0/s1. The molecule has 0 bridgehead atoms. The van der Waals surface area contributed by atoms with Crippen molar-refractivity contribution in [2.75, 3.05) is 24.6 Å². The molecular weight excluding hydrogens is 372 g/mol. The van der Waals surface area contributed by atoms with E-state index in [4.69, 9.17) is 0 Å². The van der Waals surface area contributed by atoms with Gasteiger partial charge in [-0.3, -0.25) is 4.90 Å². The van der Waals surface area contributed by atoms with Crippen LogP contribution in [0, 0.1) is 13.8 Å². The number of aryl methyl sites for hydroxylation is 2. The minimum Gasteiger partial charge on any atom is -0.390 e. The zero-order chi connectivity index (χ0) is 20.1. The Morgan fingerprint density at radius 1 is 1.04 bits per heavy atom. The summed E-state index contributed by atoms with van der Waals surface area (Å²) in [5.41, 5.74) is 4.77. The molecule has 1 aliphatic rings. The van der Waals surface area contributed by atoms with Gasteiger partial charge in [-0.2, -0.15) is 0 Å². The van der Waals surface area contributed by atoms with Crippen molar-refractivity contribution in [1.82, 2.24) is 10.2 Å². The summed E-state index contributed by atoms with van der Waals surface area (Å²) in [6, 6.07) is 16.3. The molecule has 1 fully saturated rings. The van der Waals surface area contributed by atoms with Gasteiger partial charge in [0, 0.05) is 26.2 Å². The fraction of sp³-hybridized carbons (Fsp3) is 0.455. The van der Waals surface area contributed by atoms with Crippen molar-refractivity contribution in [2.45, 2.75) is 39.1 Å². The molecule has 6 heteroatoms. The van der Waals surface area contributed by atoms with Crippen molar-refractivity contribution in [3.8, 4) is 0 Å². The number of nitrogens with one attached hydrogen (secondary N) is 1. The van der Waals surface area contributed by atoms with E-state index in [0.717, 1.165) is 18.7 Å². The first kappa shape index (κ1) is 21.0. The third-order valence-corrected chi connectivity index (χ3v) is 6.96. The number of aliphatic hydroxyl groups is 1. The van der Waals surface area contributed by atoms with E-state index in [0.29, 0.717) is 13.1 Å². The van der Waals surface area contributed by atoms with Crippen LogP contribution in [0.2, 0.25) is 0 Å². The summed E-state index contributed by atoms with van der Waals surface area (Å²) in [6.07, 6.45) is -0.827. The Morgan fingerprint density at radius 2 is 1.79 bits per heavy atom. The molecule has 2 N–H and O–H groups in total. The maximum atomic E-state index is 12.0. The van der Waals surface area contributed by atoms with Crippen LogP contribution in [0.5, 0.6) is 0 Å². The van der Waals surface area contributed by atoms with Gasteiger partial charge in [0.1, 0.15) is 0 Å². The fourth-order valence-electron chi connectivity index (χ4n) is 3.73. The summed E-state index contributed by atoms with van der Waals surface area (Å²) in [4.78, 5) is 2.10. The highest BCUT2D eigenvalue weighted by atomic mass is 32.2. The lowest BCUT2D eigenvalue weighted by atomic mass is 10.1. The lowest BCUT2D eigenvalue weighted by molar-refractivity contribution is 0.0786. The maximum Gasteiger partial charge on any atom is 0.154 e. The molecule has 2 atom stereocenters. The third kappa shape index (κ3) is 5.88. The topological polar surface area (TPSA) is 69.6 Å². The van der Waals surface area contributed by atoms with E-state index in [2.05, 4.69) is 53.5 Å². The second-order valence-electron chi connectivity index (χ2n) is 7.83. The summed E-state index contributed by atoms with van der Waals surface area (Å²) >= 11 is 0. The van der Waals surface area contributed by atoms with Crippen molar-refractivity contribution in [1.29, 1.82) is 0 Å². The first-order chi connectivity index (χ1) is 13.3. The van der Waals surface area contributed by atoms with Gasteiger partial charge in [0.05, 0.1) is 23.7 Å². The molecule has 1 aliphatic heterocycles. The van der Waals surface area contributed by atoms with Crippen LogP contribution >= 0.6 is 0 Å². The molecule has 0 amide bonds. The molecule has 2 aromatic carbocycles. The highest BCUT2D eigenvalue weighted by Gasteiger charge is 2.39. The zero-order valence-corrected chi connectivity index (χ0v) is 17.5. The smallest absolute Gasteiger partial charge is 0.154 e. The molecule has 0 spiro atoms. The fourth-order valence-corrected chi connectivity index (χ4v) is 5.56. The number of nitrogens with zero attached hydrogens (tertiary/aromatic N) is 1. The molecule has 1 saturated heterocycles. The van der Waals surface area contributed by atoms with Gasteiger partial charge >= 0.3 is 0 Å². The molecule has 0 radical (unpaired) electrons. The Kier molecular flexibility index (Phi) is 6.88. The van der Waals surface area contributed by atoms with Gasteiger partial charge < -0.3 is 10.4 Å². The Labute approximate surface area is 168 Å². The first-order valence-corrected chi connectivity index (χ1v) is 11.6. The molecule has 152 valence electrons. The summed E-state index contributed by atoms with van der Waals surface area (Å²) in [5.74, 6) is -0.114. The summed E-state index contributed by atoms with van der Waals surface area (Å²) in [7, 11) is -3.18. The Hall–Kier alpha value is -1.73. The lowest BCUT2D eigenvalue weighted by Gasteiger charge is -2.30. The third-order valence-electron chi connectivity index (χ3n) is 5.26. The Morgan fingerprint density at radius 3 is 2.43 bits per heavy atom. The van der Waals surface area contributed by atoms with E-state index in [1.165, 1.54) is 16.7 Å². The molecule has 3 rings (SSSR count). The van der Waals surface area contributed by atoms with E-state index in [-0.39, 0.29) is 17.5 Å². The van der Waals surface area contributed by atoms with Crippen LogP contribution in [0.25, 0.3) is 0 Å². The second-order valence-corrected chi connectivity index (χ2v) is 9.99. The number of hydrogen-bond donors (Lipinski definition) is 2. The Balaban J connectivity index is 1.63. The highest BCUT2D eigenvalue weighted by Crippen LogP contribution is 2.21. The second kappa shape index (κ2) is 9.18. The molecule has 0 aliphatic carbocycles. The SMILES string of the molecule is Cc1ccc(CNCCN(Cc2cccc(C)c2)[C@H]2CS(=O)(=O)C[C@@H]2O)cc1. The minimum atomic E-state index is -3.18. The van der Waals surface area contributed by atoms with Gasteiger partial charge in [-0.15, -0.1) is 0 Å². The molecular formula is C22H30N2O3S. The van der Waals surface area contributed by atoms with Crippen LogP contribution in [-0.2, 0) is 22.9 Å². The normalized spacial score (nSPS) is 21.3. The van der Waals surface area contributed by atoms with E-state index in [1.54, 1.807) is 0 Å². The molecule has 0 saturated carbocycles. The van der Waals surface area contributed by atoms with Crippen molar-refractivity contribution >= 4 is 9.84 Å². The van der Waals surface area contributed by atoms with Crippen LogP contribution < -0.4 is 5.32 Å². The van der Waals surface area contributed by atoms with Crippen LogP contribution in [0.15, 0.2) is 48.5 Å². The summed E-state index contributed by atoms with van der Waals surface area (Å²) in [5, 5.41) is 13.8. The number of aliphatic hydroxyl groups excluding tert-OH is 1. The van der Waals surface area contributed by atoms with E-state index < -0.39 is 15.9 Å². The van der Waals surface area contributed by atoms with Gasteiger partial charge in [-0.1, -0.05) is 59.7 Å². The first-order valence-electron chi connectivity index (χ1n) is 9.77. The number of hydrogen-bond acceptors (Lipinski definition) is 5. The van der Waals surface area contributed by atoms with Crippen molar-refractivity contribution in [2.24, 2.45) is 0 Å². The van der Waals surface area contributed by atoms with Crippen LogP contribution in [-0.4, -0.2) is 55.2 Å². The quantitative estimate of drug-likeness (QED) is 0.662. The van der Waals surface area contributed by atoms with E-state index in [1.807, 2.05) is 19.1 Å². The number of rotatable bonds is 8. The van der Waals surface area contributed by atoms with Crippen LogP contribution in [0.3, 0.4) is 0 Å². The summed E-state index contributed by atoms with van der Waals surface area (Å²) in [6.45, 7) is 6.92. The average molecular weight is 403 g/mol. The van der Waals surface area contributed by atoms with Gasteiger partial charge in [0.25, 0.3) is 0 Å². The minimum absolute atomic E-state index is 0.0257. The van der Waals surface area contributed by atoms with Crippen LogP contribution in [0.1, 0.15) is 22.3 Å². The van der Waals surface area contributed by atoms with Gasteiger partial charge in [0.2, 0.25) is 0 Å². The zero-order valence-electron chi connectivity index (χ0n) is 16.6. The van der Waals surface area contributed by atoms with Gasteiger partial charge in [0.15, 0.2) is 9.84 Å². The predicted molar refractivity (Wildman–Crippen MR) is 113 cm³/mol. The van der Waals surface area contributed by atoms with Crippen molar-refractivity contribution in [3.63, 3.8) is 0 Å². The van der Waals surface area contributed by atoms with E-state index >= 15 is 0 Å². The molecule has 28 heavy (non-hydrogen) atoms. The van der Waals surface area contributed by atoms with Crippen molar-refractivity contribution < 1.29 is 13.5 Å². The van der Waals surface area contributed by atoms with Gasteiger partial charge in [-0.25, -0.2) is 8.42 Å². The molecule has 0 unspecified atom stereocenters. The molecule has 2 aromatic rings. The molecule has 1 heterocycles. The molecule has 5 nitrogen and oxygen atoms in total. The van der Waals surface area contributed by atoms with Gasteiger partial charge in [-0.05, 0) is 25.0 Å². The lowest BCUT2D eigenvalue weighted by Crippen LogP contribution is -2.45. The number of sulfone groups is 1. The molecule has 0 aromatic heterocycles.